The Morgan fingerprint density at radius 3 is 1.62 bits per heavy atom. The van der Waals surface area contributed by atoms with Crippen molar-refractivity contribution in [2.45, 2.75) is 12.8 Å². The molecule has 1 nitrogen and oxygen atoms in total. The molecule has 1 aliphatic rings. The van der Waals surface area contributed by atoms with E-state index in [1.807, 2.05) is 0 Å². The normalized spacial score (nSPS) is 12.8. The summed E-state index contributed by atoms with van der Waals surface area (Å²) in [6.07, 6.45) is 9.20. The van der Waals surface area contributed by atoms with Crippen LogP contribution in [0.4, 0.5) is 17.1 Å². The van der Waals surface area contributed by atoms with Crippen molar-refractivity contribution in [3.05, 3.63) is 206 Å². The highest BCUT2D eigenvalue weighted by Gasteiger charge is 2.17. The molecule has 0 radical (unpaired) electrons. The van der Waals surface area contributed by atoms with Gasteiger partial charge in [0.1, 0.15) is 0 Å². The molecule has 10 rings (SSSR count). The van der Waals surface area contributed by atoms with Gasteiger partial charge in [-0.1, -0.05) is 146 Å². The van der Waals surface area contributed by atoms with Crippen LogP contribution in [0.15, 0.2) is 200 Å². The minimum Gasteiger partial charge on any atom is -0.310 e. The van der Waals surface area contributed by atoms with Gasteiger partial charge >= 0.3 is 0 Å². The number of allylic oxidation sites excluding steroid dienone is 4. The Hall–Kier alpha value is -6.70. The predicted octanol–water partition coefficient (Wildman–Crippen LogP) is 14.8. The Morgan fingerprint density at radius 2 is 0.906 bits per heavy atom. The van der Waals surface area contributed by atoms with Gasteiger partial charge in [0.2, 0.25) is 0 Å². The van der Waals surface area contributed by atoms with Gasteiger partial charge in [-0.25, -0.2) is 0 Å². The highest BCUT2D eigenvalue weighted by Crippen LogP contribution is 2.43. The number of fused-ring (bicyclic) bond motifs is 6. The Bertz CT molecular complexity index is 2860. The molecule has 0 atom stereocenters. The zero-order valence-corrected chi connectivity index (χ0v) is 29.4. The minimum atomic E-state index is 1.09. The van der Waals surface area contributed by atoms with Crippen LogP contribution >= 0.6 is 0 Å². The van der Waals surface area contributed by atoms with Gasteiger partial charge in [0.25, 0.3) is 0 Å². The monoisotopic (exact) mass is 675 g/mol. The van der Waals surface area contributed by atoms with Gasteiger partial charge in [-0.2, -0.15) is 0 Å². The zero-order valence-electron chi connectivity index (χ0n) is 29.4. The third kappa shape index (κ3) is 5.59. The van der Waals surface area contributed by atoms with Crippen molar-refractivity contribution in [1.82, 2.24) is 0 Å². The van der Waals surface area contributed by atoms with Crippen LogP contribution in [0.1, 0.15) is 18.4 Å². The van der Waals surface area contributed by atoms with Crippen molar-refractivity contribution >= 4 is 65.7 Å². The second-order valence-corrected chi connectivity index (χ2v) is 14.0. The Morgan fingerprint density at radius 1 is 0.358 bits per heavy atom. The highest BCUT2D eigenvalue weighted by molar-refractivity contribution is 6.25. The lowest BCUT2D eigenvalue weighted by molar-refractivity contribution is 1.04. The summed E-state index contributed by atoms with van der Waals surface area (Å²) >= 11 is 0. The molecule has 0 aromatic heterocycles. The number of hydrogen-bond donors (Lipinski definition) is 0. The molecule has 9 aromatic carbocycles. The average Bonchev–Trinajstić information content (AvgIpc) is 3.24. The standard InChI is InChI=1S/C52H37N/c1-4-14-36(15-5-1)37-26-29-44(30-27-37)53(43-18-8-3-9-19-43)45-31-28-39-32-41(25-24-40(39)33-45)51-35-42-34-50(38-16-6-2-7-17-38)46-20-10-12-22-48(46)52(42)49-23-13-11-21-47(49)51/h1,3-6,8-35H,2,7H2. The van der Waals surface area contributed by atoms with Gasteiger partial charge in [-0.05, 0) is 144 Å². The summed E-state index contributed by atoms with van der Waals surface area (Å²) in [4.78, 5) is 2.35. The van der Waals surface area contributed by atoms with Crippen LogP contribution in [0.3, 0.4) is 0 Å². The lowest BCUT2D eigenvalue weighted by atomic mass is 9.86. The number of benzene rings is 9. The number of anilines is 3. The molecule has 0 saturated heterocycles. The van der Waals surface area contributed by atoms with Crippen LogP contribution in [-0.2, 0) is 0 Å². The van der Waals surface area contributed by atoms with Gasteiger partial charge in [0, 0.05) is 17.1 Å². The first-order chi connectivity index (χ1) is 26.3. The molecule has 9 aromatic rings. The van der Waals surface area contributed by atoms with E-state index in [-0.39, 0.29) is 0 Å². The Kier molecular flexibility index (Phi) is 7.69. The number of hydrogen-bond acceptors (Lipinski definition) is 1. The maximum atomic E-state index is 2.42. The molecule has 0 N–H and O–H groups in total. The molecule has 250 valence electrons. The maximum absolute atomic E-state index is 2.42. The van der Waals surface area contributed by atoms with Crippen molar-refractivity contribution < 1.29 is 0 Å². The van der Waals surface area contributed by atoms with E-state index in [9.17, 15) is 0 Å². The van der Waals surface area contributed by atoms with Crippen molar-refractivity contribution in [3.8, 4) is 22.3 Å². The van der Waals surface area contributed by atoms with E-state index in [4.69, 9.17) is 0 Å². The van der Waals surface area contributed by atoms with E-state index in [2.05, 4.69) is 205 Å². The third-order valence-electron chi connectivity index (χ3n) is 10.8. The van der Waals surface area contributed by atoms with E-state index >= 15 is 0 Å². The summed E-state index contributed by atoms with van der Waals surface area (Å²) in [6.45, 7) is 0. The van der Waals surface area contributed by atoms with Crippen molar-refractivity contribution in [3.63, 3.8) is 0 Å². The quantitative estimate of drug-likeness (QED) is 0.159. The lowest BCUT2D eigenvalue weighted by Gasteiger charge is -2.26. The summed E-state index contributed by atoms with van der Waals surface area (Å²) < 4.78 is 0. The fraction of sp³-hybridized carbons (Fsp3) is 0.0385. The van der Waals surface area contributed by atoms with Gasteiger partial charge < -0.3 is 4.90 Å². The second-order valence-electron chi connectivity index (χ2n) is 14.0. The van der Waals surface area contributed by atoms with Crippen LogP contribution < -0.4 is 4.90 Å². The van der Waals surface area contributed by atoms with Gasteiger partial charge in [0.15, 0.2) is 0 Å². The van der Waals surface area contributed by atoms with E-state index < -0.39 is 0 Å². The molecule has 0 heterocycles. The second kappa shape index (κ2) is 13.1. The Balaban J connectivity index is 1.09. The van der Waals surface area contributed by atoms with Crippen molar-refractivity contribution in [1.29, 1.82) is 0 Å². The van der Waals surface area contributed by atoms with Gasteiger partial charge in [0.05, 0.1) is 0 Å². The summed E-state index contributed by atoms with van der Waals surface area (Å²) in [6, 6.07) is 66.6. The summed E-state index contributed by atoms with van der Waals surface area (Å²) in [7, 11) is 0. The SMILES string of the molecule is C1=CC(c2cc3cc(-c4ccc5cc(N(c6ccccc6)c6ccc(-c7ccccc7)cc6)ccc5c4)c4ccccc4c3c3ccccc23)=CCC1. The summed E-state index contributed by atoms with van der Waals surface area (Å²) in [5.74, 6) is 0. The van der Waals surface area contributed by atoms with E-state index in [1.54, 1.807) is 0 Å². The first-order valence-corrected chi connectivity index (χ1v) is 18.6. The highest BCUT2D eigenvalue weighted by atomic mass is 15.1. The molecule has 0 aliphatic heterocycles. The van der Waals surface area contributed by atoms with Gasteiger partial charge in [-0.15, -0.1) is 0 Å². The molecular weight excluding hydrogens is 639 g/mol. The average molecular weight is 676 g/mol. The largest absolute Gasteiger partial charge is 0.310 e. The van der Waals surface area contributed by atoms with Crippen LogP contribution in [0.2, 0.25) is 0 Å². The molecule has 1 aliphatic carbocycles. The van der Waals surface area contributed by atoms with Crippen LogP contribution in [-0.4, -0.2) is 0 Å². The summed E-state index contributed by atoms with van der Waals surface area (Å²) in [5.41, 5.74) is 10.9. The van der Waals surface area contributed by atoms with Crippen LogP contribution in [0.25, 0.3) is 70.9 Å². The molecule has 0 unspecified atom stereocenters. The fourth-order valence-corrected chi connectivity index (χ4v) is 8.27. The van der Waals surface area contributed by atoms with E-state index in [0.717, 1.165) is 29.9 Å². The minimum absolute atomic E-state index is 1.09. The number of nitrogens with zero attached hydrogens (tertiary/aromatic N) is 1. The molecule has 53 heavy (non-hydrogen) atoms. The van der Waals surface area contributed by atoms with E-state index in [0.29, 0.717) is 0 Å². The Labute approximate surface area is 310 Å². The van der Waals surface area contributed by atoms with Crippen LogP contribution in [0, 0.1) is 0 Å². The molecular formula is C52H37N. The smallest absolute Gasteiger partial charge is 0.0468 e. The molecule has 0 bridgehead atoms. The predicted molar refractivity (Wildman–Crippen MR) is 228 cm³/mol. The fourth-order valence-electron chi connectivity index (χ4n) is 8.27. The number of rotatable bonds is 6. The van der Waals surface area contributed by atoms with Crippen molar-refractivity contribution in [2.75, 3.05) is 4.90 Å². The molecule has 0 saturated carbocycles. The molecule has 1 heteroatoms. The van der Waals surface area contributed by atoms with E-state index in [1.165, 1.54) is 76.5 Å². The maximum Gasteiger partial charge on any atom is 0.0468 e. The zero-order chi connectivity index (χ0) is 35.1. The lowest BCUT2D eigenvalue weighted by Crippen LogP contribution is -2.09. The van der Waals surface area contributed by atoms with Gasteiger partial charge in [-0.3, -0.25) is 0 Å². The summed E-state index contributed by atoms with van der Waals surface area (Å²) in [5, 5.41) is 10.2. The molecule has 0 spiro atoms. The van der Waals surface area contributed by atoms with Crippen molar-refractivity contribution in [2.24, 2.45) is 0 Å². The topological polar surface area (TPSA) is 3.24 Å². The molecule has 0 amide bonds. The molecule has 0 fully saturated rings. The van der Waals surface area contributed by atoms with Crippen LogP contribution in [0.5, 0.6) is 0 Å². The third-order valence-corrected chi connectivity index (χ3v) is 10.8. The first kappa shape index (κ1) is 31.1. The first-order valence-electron chi connectivity index (χ1n) is 18.6. The number of para-hydroxylation sites is 1.